The maximum Gasteiger partial charge on any atom is 0.308 e. The maximum absolute atomic E-state index is 14.4. The molecule has 0 aliphatic heterocycles. The van der Waals surface area contributed by atoms with Gasteiger partial charge in [-0.05, 0) is 47.6 Å². The van der Waals surface area contributed by atoms with E-state index in [1.165, 1.54) is 12.1 Å². The van der Waals surface area contributed by atoms with Crippen LogP contribution in [-0.2, 0) is 20.9 Å². The lowest BCUT2D eigenvalue weighted by Crippen LogP contribution is -2.42. The summed E-state index contributed by atoms with van der Waals surface area (Å²) >= 11 is 4.34. The highest BCUT2D eigenvalue weighted by Gasteiger charge is 2.33. The van der Waals surface area contributed by atoms with E-state index in [4.69, 9.17) is 16.3 Å². The molecule has 24 heavy (non-hydrogen) atoms. The van der Waals surface area contributed by atoms with Crippen molar-refractivity contribution in [2.45, 2.75) is 64.4 Å². The highest BCUT2D eigenvalue weighted by atomic mass is 35.5. The minimum atomic E-state index is -1.49. The Bertz CT molecular complexity index is 584. The number of hydrogen-bond acceptors (Lipinski definition) is 4. The fourth-order valence-electron chi connectivity index (χ4n) is 1.86. The molecule has 0 spiro atoms. The lowest BCUT2D eigenvalue weighted by Gasteiger charge is -2.29. The number of benzene rings is 1. The summed E-state index contributed by atoms with van der Waals surface area (Å²) in [5.41, 5.74) is -0.469. The predicted octanol–water partition coefficient (Wildman–Crippen LogP) is 4.30. The molecule has 0 fully saturated rings. The molecule has 1 aromatic rings. The molecular formula is C17H25ClFNO3S. The van der Waals surface area contributed by atoms with Gasteiger partial charge in [-0.1, -0.05) is 23.7 Å². The third kappa shape index (κ3) is 6.59. The van der Waals surface area contributed by atoms with Gasteiger partial charge in [0.2, 0.25) is 0 Å². The largest absolute Gasteiger partial charge is 0.598 e. The van der Waals surface area contributed by atoms with Crippen molar-refractivity contribution in [3.8, 4) is 0 Å². The molecule has 1 N–H and O–H groups in total. The van der Waals surface area contributed by atoms with Gasteiger partial charge in [-0.25, -0.2) is 4.39 Å². The molecule has 7 heteroatoms. The number of carbonyl (C=O) groups is 1. The zero-order valence-electron chi connectivity index (χ0n) is 14.9. The van der Waals surface area contributed by atoms with Crippen LogP contribution in [0.3, 0.4) is 0 Å². The number of esters is 1. The van der Waals surface area contributed by atoms with Gasteiger partial charge in [0.05, 0.1) is 17.5 Å². The van der Waals surface area contributed by atoms with Gasteiger partial charge in [0.25, 0.3) is 0 Å². The highest BCUT2D eigenvalue weighted by Crippen LogP contribution is 2.28. The molecule has 0 aromatic heterocycles. The zero-order valence-corrected chi connectivity index (χ0v) is 16.5. The van der Waals surface area contributed by atoms with Gasteiger partial charge < -0.3 is 9.29 Å². The Morgan fingerprint density at radius 2 is 1.92 bits per heavy atom. The first-order valence-corrected chi connectivity index (χ1v) is 9.18. The molecule has 4 nitrogen and oxygen atoms in total. The first kappa shape index (κ1) is 21.2. The summed E-state index contributed by atoms with van der Waals surface area (Å²) in [6.45, 7) is 10.6. The lowest BCUT2D eigenvalue weighted by molar-refractivity contribution is -0.155. The Hall–Kier alpha value is -0.820. The Kier molecular flexibility index (Phi) is 7.11. The van der Waals surface area contributed by atoms with Gasteiger partial charge in [0.1, 0.15) is 16.2 Å². The lowest BCUT2D eigenvalue weighted by atomic mass is 10.0. The van der Waals surface area contributed by atoms with E-state index in [2.05, 4.69) is 4.72 Å². The average molecular weight is 378 g/mol. The summed E-state index contributed by atoms with van der Waals surface area (Å²) in [5.74, 6) is -1.14. The molecule has 0 saturated carbocycles. The summed E-state index contributed by atoms with van der Waals surface area (Å²) in [4.78, 5) is 12.2. The molecule has 0 aliphatic carbocycles. The van der Waals surface area contributed by atoms with Crippen LogP contribution in [0.1, 0.15) is 59.6 Å². The Labute approximate surface area is 151 Å². The van der Waals surface area contributed by atoms with Crippen molar-refractivity contribution in [3.63, 3.8) is 0 Å². The van der Waals surface area contributed by atoms with Crippen LogP contribution in [0.2, 0.25) is 5.02 Å². The molecule has 136 valence electrons. The Morgan fingerprint density at radius 3 is 2.42 bits per heavy atom. The van der Waals surface area contributed by atoms with Crippen molar-refractivity contribution in [2.75, 3.05) is 0 Å². The molecule has 0 bridgehead atoms. The summed E-state index contributed by atoms with van der Waals surface area (Å²) in [6.07, 6.45) is -0.156. The predicted molar refractivity (Wildman–Crippen MR) is 95.6 cm³/mol. The molecule has 0 heterocycles. The van der Waals surface area contributed by atoms with E-state index in [-0.39, 0.29) is 17.0 Å². The van der Waals surface area contributed by atoms with Crippen LogP contribution >= 0.6 is 11.6 Å². The number of nitrogens with one attached hydrogen (secondary N) is 1. The minimum absolute atomic E-state index is 0.0509. The van der Waals surface area contributed by atoms with Crippen LogP contribution in [-0.4, -0.2) is 20.9 Å². The van der Waals surface area contributed by atoms with E-state index in [9.17, 15) is 13.7 Å². The molecule has 2 atom stereocenters. The van der Waals surface area contributed by atoms with Crippen LogP contribution in [0, 0.1) is 5.82 Å². The van der Waals surface area contributed by atoms with Gasteiger partial charge in [-0.3, -0.25) is 4.79 Å². The molecule has 0 aliphatic rings. The fraction of sp³-hybridized carbons (Fsp3) is 0.588. The van der Waals surface area contributed by atoms with Crippen molar-refractivity contribution in [1.29, 1.82) is 0 Å². The van der Waals surface area contributed by atoms with Crippen LogP contribution in [0.15, 0.2) is 18.2 Å². The van der Waals surface area contributed by atoms with Crippen LogP contribution < -0.4 is 4.72 Å². The number of ether oxygens (including phenoxy) is 1. The van der Waals surface area contributed by atoms with E-state index in [1.54, 1.807) is 47.6 Å². The standard InChI is InChI=1S/C17H25ClFNO3S/c1-16(2,3)23-14(21)10-13(20-24(22)17(4,5)6)11-8-7-9-12(18)15(11)19/h7-9,13,20H,10H2,1-6H3/t13-,24+/m1/s1. The second-order valence-corrected chi connectivity index (χ2v) is 9.89. The highest BCUT2D eigenvalue weighted by molar-refractivity contribution is 7.90. The molecule has 0 amide bonds. The third-order valence-corrected chi connectivity index (χ3v) is 4.86. The molecular weight excluding hydrogens is 353 g/mol. The second-order valence-electron chi connectivity index (χ2n) is 7.49. The van der Waals surface area contributed by atoms with Gasteiger partial charge >= 0.3 is 5.97 Å². The molecule has 0 saturated heterocycles. The number of rotatable bonds is 5. The van der Waals surface area contributed by atoms with E-state index in [1.807, 2.05) is 0 Å². The smallest absolute Gasteiger partial charge is 0.308 e. The number of halogens is 2. The number of carbonyl (C=O) groups excluding carboxylic acids is 1. The van der Waals surface area contributed by atoms with Crippen molar-refractivity contribution >= 4 is 28.9 Å². The summed E-state index contributed by atoms with van der Waals surface area (Å²) < 4.78 is 34.3. The van der Waals surface area contributed by atoms with Crippen molar-refractivity contribution in [2.24, 2.45) is 0 Å². The SMILES string of the molecule is CC(C)(C)OC(=O)C[C@@H](N[S@@+]([O-])C(C)(C)C)c1cccc(Cl)c1F. The molecule has 1 aromatic carbocycles. The van der Waals surface area contributed by atoms with Crippen molar-refractivity contribution < 1.29 is 18.5 Å². The first-order chi connectivity index (χ1) is 10.8. The second kappa shape index (κ2) is 8.04. The van der Waals surface area contributed by atoms with Gasteiger partial charge in [-0.2, -0.15) is 0 Å². The van der Waals surface area contributed by atoms with E-state index < -0.39 is 39.5 Å². The summed E-state index contributed by atoms with van der Waals surface area (Å²) in [6, 6.07) is 3.72. The van der Waals surface area contributed by atoms with Gasteiger partial charge in [0.15, 0.2) is 0 Å². The van der Waals surface area contributed by atoms with Crippen LogP contribution in [0.4, 0.5) is 4.39 Å². The van der Waals surface area contributed by atoms with E-state index in [0.717, 1.165) is 0 Å². The topological polar surface area (TPSA) is 61.4 Å². The van der Waals surface area contributed by atoms with E-state index >= 15 is 0 Å². The average Bonchev–Trinajstić information content (AvgIpc) is 2.37. The monoisotopic (exact) mass is 377 g/mol. The normalized spacial score (nSPS) is 15.0. The maximum atomic E-state index is 14.4. The molecule has 0 unspecified atom stereocenters. The Balaban J connectivity index is 3.08. The Morgan fingerprint density at radius 1 is 1.33 bits per heavy atom. The van der Waals surface area contributed by atoms with Crippen LogP contribution in [0.5, 0.6) is 0 Å². The minimum Gasteiger partial charge on any atom is -0.598 e. The van der Waals surface area contributed by atoms with E-state index in [0.29, 0.717) is 0 Å². The number of hydrogen-bond donors (Lipinski definition) is 1. The summed E-state index contributed by atoms with van der Waals surface area (Å²) in [7, 11) is 0. The molecule has 0 radical (unpaired) electrons. The quantitative estimate of drug-likeness (QED) is 0.613. The van der Waals surface area contributed by atoms with Crippen molar-refractivity contribution in [3.05, 3.63) is 34.6 Å². The van der Waals surface area contributed by atoms with Crippen molar-refractivity contribution in [1.82, 2.24) is 4.72 Å². The summed E-state index contributed by atoms with van der Waals surface area (Å²) in [5, 5.41) is -0.0509. The fourth-order valence-corrected chi connectivity index (χ4v) is 2.86. The van der Waals surface area contributed by atoms with Gasteiger partial charge in [0, 0.05) is 16.9 Å². The molecule has 1 rings (SSSR count). The first-order valence-electron chi connectivity index (χ1n) is 7.65. The van der Waals surface area contributed by atoms with Gasteiger partial charge in [-0.15, -0.1) is 4.72 Å². The zero-order chi connectivity index (χ0) is 18.7. The third-order valence-electron chi connectivity index (χ3n) is 2.95. The van der Waals surface area contributed by atoms with Crippen LogP contribution in [0.25, 0.3) is 0 Å².